The standard InChI is InChI=1S/C14H19N3O3S.ClH/c1-20-11-14(6-3-7-16-14)10-17-21(18,19)13-5-2-4-12(8-13)9-15;/h2,4-5,8,16-17H,3,6-7,10-11H2,1H3;1H. The van der Waals surface area contributed by atoms with Crippen LogP contribution in [0.2, 0.25) is 0 Å². The van der Waals surface area contributed by atoms with E-state index in [9.17, 15) is 8.42 Å². The number of hydrogen-bond donors (Lipinski definition) is 2. The zero-order chi connectivity index (χ0) is 15.3. The summed E-state index contributed by atoms with van der Waals surface area (Å²) in [5.74, 6) is 0. The van der Waals surface area contributed by atoms with E-state index in [4.69, 9.17) is 10.00 Å². The van der Waals surface area contributed by atoms with Crippen molar-refractivity contribution in [2.24, 2.45) is 0 Å². The van der Waals surface area contributed by atoms with Gasteiger partial charge >= 0.3 is 0 Å². The minimum atomic E-state index is -3.63. The van der Waals surface area contributed by atoms with Gasteiger partial charge in [-0.15, -0.1) is 12.4 Å². The topological polar surface area (TPSA) is 91.2 Å². The Hall–Kier alpha value is -1.17. The zero-order valence-electron chi connectivity index (χ0n) is 12.3. The van der Waals surface area contributed by atoms with E-state index < -0.39 is 10.0 Å². The molecule has 1 saturated heterocycles. The first kappa shape index (κ1) is 18.9. The van der Waals surface area contributed by atoms with Gasteiger partial charge in [-0.1, -0.05) is 6.07 Å². The Kier molecular flexibility index (Phi) is 6.78. The van der Waals surface area contributed by atoms with Crippen molar-refractivity contribution in [3.05, 3.63) is 29.8 Å². The molecule has 1 unspecified atom stereocenters. The van der Waals surface area contributed by atoms with E-state index in [1.54, 1.807) is 19.2 Å². The summed E-state index contributed by atoms with van der Waals surface area (Å²) < 4.78 is 32.4. The second kappa shape index (κ2) is 7.90. The van der Waals surface area contributed by atoms with Crippen LogP contribution in [0.3, 0.4) is 0 Å². The molecule has 0 aliphatic carbocycles. The van der Waals surface area contributed by atoms with E-state index in [0.29, 0.717) is 12.2 Å². The average Bonchev–Trinajstić information content (AvgIpc) is 2.95. The number of nitrogens with one attached hydrogen (secondary N) is 2. The molecule has 1 fully saturated rings. The van der Waals surface area contributed by atoms with Gasteiger partial charge in [0.1, 0.15) is 0 Å². The molecule has 6 nitrogen and oxygen atoms in total. The van der Waals surface area contributed by atoms with Gasteiger partial charge in [-0.05, 0) is 37.6 Å². The molecule has 0 saturated carbocycles. The van der Waals surface area contributed by atoms with E-state index in [-0.39, 0.29) is 29.4 Å². The van der Waals surface area contributed by atoms with E-state index in [0.717, 1.165) is 19.4 Å². The van der Waals surface area contributed by atoms with Crippen LogP contribution < -0.4 is 10.0 Å². The van der Waals surface area contributed by atoms with Gasteiger partial charge in [-0.3, -0.25) is 0 Å². The van der Waals surface area contributed by atoms with Crippen molar-refractivity contribution in [3.8, 4) is 6.07 Å². The number of hydrogen-bond acceptors (Lipinski definition) is 5. The van der Waals surface area contributed by atoms with Gasteiger partial charge in [-0.25, -0.2) is 13.1 Å². The van der Waals surface area contributed by atoms with Crippen LogP contribution in [0, 0.1) is 11.3 Å². The molecule has 2 rings (SSSR count). The van der Waals surface area contributed by atoms with Crippen molar-refractivity contribution in [2.75, 3.05) is 26.8 Å². The van der Waals surface area contributed by atoms with E-state index in [2.05, 4.69) is 10.0 Å². The SMILES string of the molecule is COCC1(CNS(=O)(=O)c2cccc(C#N)c2)CCCN1.Cl. The number of nitrogens with zero attached hydrogens (tertiary/aromatic N) is 1. The van der Waals surface area contributed by atoms with Crippen LogP contribution in [0.15, 0.2) is 29.2 Å². The Morgan fingerprint density at radius 3 is 2.86 bits per heavy atom. The maximum absolute atomic E-state index is 12.3. The number of sulfonamides is 1. The molecule has 0 radical (unpaired) electrons. The number of methoxy groups -OCH3 is 1. The van der Waals surface area contributed by atoms with Crippen LogP contribution in [0.5, 0.6) is 0 Å². The zero-order valence-corrected chi connectivity index (χ0v) is 14.0. The summed E-state index contributed by atoms with van der Waals surface area (Å²) in [7, 11) is -2.03. The van der Waals surface area contributed by atoms with Crippen molar-refractivity contribution in [1.29, 1.82) is 5.26 Å². The molecule has 1 atom stereocenters. The molecule has 2 N–H and O–H groups in total. The Morgan fingerprint density at radius 2 is 2.27 bits per heavy atom. The molecule has 1 aliphatic heterocycles. The van der Waals surface area contributed by atoms with Crippen LogP contribution in [0.4, 0.5) is 0 Å². The maximum atomic E-state index is 12.3. The average molecular weight is 346 g/mol. The van der Waals surface area contributed by atoms with Gasteiger partial charge < -0.3 is 10.1 Å². The lowest BCUT2D eigenvalue weighted by molar-refractivity contribution is 0.122. The second-order valence-electron chi connectivity index (χ2n) is 5.21. The van der Waals surface area contributed by atoms with Gasteiger partial charge in [0.05, 0.1) is 28.7 Å². The van der Waals surface area contributed by atoms with Crippen LogP contribution in [0.25, 0.3) is 0 Å². The monoisotopic (exact) mass is 345 g/mol. The Morgan fingerprint density at radius 1 is 1.50 bits per heavy atom. The summed E-state index contributed by atoms with van der Waals surface area (Å²) >= 11 is 0. The largest absolute Gasteiger partial charge is 0.383 e. The minimum absolute atomic E-state index is 0. The number of nitriles is 1. The summed E-state index contributed by atoms with van der Waals surface area (Å²) in [5.41, 5.74) is -0.0299. The first-order chi connectivity index (χ1) is 10.0. The second-order valence-corrected chi connectivity index (χ2v) is 6.97. The van der Waals surface area contributed by atoms with Gasteiger partial charge in [0.2, 0.25) is 10.0 Å². The van der Waals surface area contributed by atoms with E-state index in [1.807, 2.05) is 6.07 Å². The molecule has 0 amide bonds. The number of ether oxygens (including phenoxy) is 1. The molecule has 0 spiro atoms. The Labute approximate surface area is 137 Å². The summed E-state index contributed by atoms with van der Waals surface area (Å²) in [6.45, 7) is 1.57. The van der Waals surface area contributed by atoms with Crippen molar-refractivity contribution >= 4 is 22.4 Å². The summed E-state index contributed by atoms with van der Waals surface area (Å²) in [4.78, 5) is 0.104. The quantitative estimate of drug-likeness (QED) is 0.803. The maximum Gasteiger partial charge on any atom is 0.240 e. The number of benzene rings is 1. The highest BCUT2D eigenvalue weighted by atomic mass is 35.5. The fourth-order valence-corrected chi connectivity index (χ4v) is 3.69. The van der Waals surface area contributed by atoms with Crippen LogP contribution in [-0.2, 0) is 14.8 Å². The minimum Gasteiger partial charge on any atom is -0.383 e. The fourth-order valence-electron chi connectivity index (χ4n) is 2.52. The highest BCUT2D eigenvalue weighted by Gasteiger charge is 2.34. The third-order valence-electron chi connectivity index (χ3n) is 3.63. The molecule has 22 heavy (non-hydrogen) atoms. The van der Waals surface area contributed by atoms with Gasteiger partial charge in [0, 0.05) is 13.7 Å². The molecule has 122 valence electrons. The molecular formula is C14H20ClN3O3S. The molecule has 0 aromatic heterocycles. The first-order valence-corrected chi connectivity index (χ1v) is 8.23. The highest BCUT2D eigenvalue weighted by molar-refractivity contribution is 7.89. The van der Waals surface area contributed by atoms with Crippen molar-refractivity contribution in [3.63, 3.8) is 0 Å². The highest BCUT2D eigenvalue weighted by Crippen LogP contribution is 2.20. The lowest BCUT2D eigenvalue weighted by Gasteiger charge is -2.28. The predicted molar refractivity (Wildman–Crippen MR) is 85.4 cm³/mol. The predicted octanol–water partition coefficient (Wildman–Crippen LogP) is 1.03. The molecule has 1 aromatic carbocycles. The first-order valence-electron chi connectivity index (χ1n) is 6.75. The molecule has 1 aromatic rings. The third-order valence-corrected chi connectivity index (χ3v) is 5.03. The Bertz CT molecular complexity index is 637. The molecule has 1 aliphatic rings. The summed E-state index contributed by atoms with van der Waals surface area (Å²) in [5, 5.41) is 12.2. The van der Waals surface area contributed by atoms with Crippen molar-refractivity contribution in [1.82, 2.24) is 10.0 Å². The molecular weight excluding hydrogens is 326 g/mol. The molecule has 0 bridgehead atoms. The van der Waals surface area contributed by atoms with E-state index >= 15 is 0 Å². The van der Waals surface area contributed by atoms with Gasteiger partial charge in [0.25, 0.3) is 0 Å². The molecule has 8 heteroatoms. The van der Waals surface area contributed by atoms with Crippen molar-refractivity contribution < 1.29 is 13.2 Å². The lowest BCUT2D eigenvalue weighted by atomic mass is 9.99. The lowest BCUT2D eigenvalue weighted by Crippen LogP contribution is -2.52. The normalized spacial score (nSPS) is 21.1. The van der Waals surface area contributed by atoms with Crippen LogP contribution in [0.1, 0.15) is 18.4 Å². The summed E-state index contributed by atoms with van der Waals surface area (Å²) in [6, 6.07) is 7.92. The van der Waals surface area contributed by atoms with Gasteiger partial charge in [-0.2, -0.15) is 5.26 Å². The van der Waals surface area contributed by atoms with E-state index in [1.165, 1.54) is 12.1 Å². The Balaban J connectivity index is 0.00000242. The van der Waals surface area contributed by atoms with Crippen LogP contribution in [-0.4, -0.2) is 40.8 Å². The fraction of sp³-hybridized carbons (Fsp3) is 0.500. The van der Waals surface area contributed by atoms with Crippen molar-refractivity contribution in [2.45, 2.75) is 23.3 Å². The smallest absolute Gasteiger partial charge is 0.240 e. The van der Waals surface area contributed by atoms with Crippen LogP contribution >= 0.6 is 12.4 Å². The molecule has 1 heterocycles. The van der Waals surface area contributed by atoms with Gasteiger partial charge in [0.15, 0.2) is 0 Å². The number of rotatable bonds is 6. The third kappa shape index (κ3) is 4.41. The summed E-state index contributed by atoms with van der Waals surface area (Å²) in [6.07, 6.45) is 1.86. The number of halogens is 1.